The van der Waals surface area contributed by atoms with Crippen LogP contribution in [0, 0.1) is 30.2 Å². The van der Waals surface area contributed by atoms with E-state index in [1.54, 1.807) is 87.9 Å². The summed E-state index contributed by atoms with van der Waals surface area (Å²) in [5.41, 5.74) is 5.84. The molecular formula is C94H97Cl3F4N20O6. The molecule has 1 saturated carbocycles. The second-order valence-corrected chi connectivity index (χ2v) is 34.7. The van der Waals surface area contributed by atoms with E-state index in [1.165, 1.54) is 56.5 Å². The first-order valence-electron chi connectivity index (χ1n) is 42.2. The number of carbonyl (C=O) groups excluding carboxylic acids is 3. The molecule has 3 saturated heterocycles. The molecule has 3 aromatic carbocycles. The first kappa shape index (κ1) is 90.7. The summed E-state index contributed by atoms with van der Waals surface area (Å²) in [4.78, 5) is 142. The van der Waals surface area contributed by atoms with Crippen molar-refractivity contribution in [1.29, 1.82) is 0 Å². The predicted molar refractivity (Wildman–Crippen MR) is 488 cm³/mol. The molecule has 6 atom stereocenters. The Morgan fingerprint density at radius 3 is 1.17 bits per heavy atom. The number of piperazine rings is 3. The highest BCUT2D eigenvalue weighted by molar-refractivity contribution is 6.35. The van der Waals surface area contributed by atoms with Crippen LogP contribution in [0.3, 0.4) is 0 Å². The lowest BCUT2D eigenvalue weighted by atomic mass is 10.0. The number of hydrogen-bond acceptors (Lipinski definition) is 20. The SMILES string of the molecule is C=CC(=O)N1CC(C)N(c2nc(=O)n(-c3c(C(C)C)ncnc3C3CC3)c3nc(-c4ccccc4F)c(Cl)cc23)CC1C.C=CC(=O)N1CC(C)N(c2nc(=O)n(-c3c(C)ccnc3C(C)C)c3nc(-c4ccc(F)cc4F)c(Cl)cc23)CC1C.C=CC(=O)N1CC(C)N(c2nc(=O)n(-c3c(CC)ncnc3C(C)C)c3nc(-c4ccccc4F)c(Cl)cc23)CC1C. The number of rotatable bonds is 17. The van der Waals surface area contributed by atoms with Crippen LogP contribution in [0.5, 0.6) is 0 Å². The van der Waals surface area contributed by atoms with Crippen molar-refractivity contribution in [2.45, 2.75) is 176 Å². The summed E-state index contributed by atoms with van der Waals surface area (Å²) in [5.74, 6) is -1.76. The third-order valence-corrected chi connectivity index (χ3v) is 24.4. The van der Waals surface area contributed by atoms with E-state index in [9.17, 15) is 41.9 Å². The van der Waals surface area contributed by atoms with Gasteiger partial charge in [-0.3, -0.25) is 19.4 Å². The quantitative estimate of drug-likeness (QED) is 0.0605. The Morgan fingerprint density at radius 1 is 0.441 bits per heavy atom. The molecule has 127 heavy (non-hydrogen) atoms. The van der Waals surface area contributed by atoms with Gasteiger partial charge in [-0.2, -0.15) is 15.0 Å². The molecule has 0 bridgehead atoms. The zero-order chi connectivity index (χ0) is 91.3. The van der Waals surface area contributed by atoms with Gasteiger partial charge in [-0.05, 0) is 170 Å². The van der Waals surface area contributed by atoms with Gasteiger partial charge in [-0.15, -0.1) is 0 Å². The highest BCUT2D eigenvalue weighted by atomic mass is 35.5. The highest BCUT2D eigenvalue weighted by Crippen LogP contribution is 2.46. The fraction of sp³-hybridized carbons (Fsp3) is 0.351. The monoisotopic (exact) mass is 1780 g/mol. The first-order valence-corrected chi connectivity index (χ1v) is 43.3. The molecular weight excluding hydrogens is 1690 g/mol. The molecule has 0 radical (unpaired) electrons. The molecule has 3 amide bonds. The average molecular weight is 1790 g/mol. The van der Waals surface area contributed by atoms with E-state index in [4.69, 9.17) is 49.8 Å². The minimum absolute atomic E-state index is 0.00815. The van der Waals surface area contributed by atoms with Crippen LogP contribution in [0.15, 0.2) is 162 Å². The van der Waals surface area contributed by atoms with E-state index in [0.29, 0.717) is 125 Å². The Bertz CT molecular complexity index is 6580. The molecule has 0 spiro atoms. The molecule has 658 valence electrons. The largest absolute Gasteiger partial charge is 0.355 e. The standard InChI is InChI=1S/C32H33ClFN7O2.C31H31ClF2N6O2.C31H33ClFN7O2/c1-6-25(42)39-14-19(5)40(15-18(39)4)30-22-13-23(33)28(21-9-7-8-10-24(21)34)37-31(22)41(32(43)38-30)29-26(17(2)3)35-16-36-27(29)20-11-12-20;1-7-25(41)38-14-19(6)39(15-18(38)5)29-22-13-23(32)27(21-9-8-20(33)12-24(21)34)36-30(22)40(31(42)37-29)28-17(4)10-11-35-26(28)16(2)3;1-7-24-28(26(17(3)4)35-16-34-24)40-30-21(13-22(32)27(36-30)20-11-9-10-12-23(20)33)29(37-31(40)42)39-15-18(5)38(14-19(39)6)25(41)8-2/h6-10,13,16-20H,1,11-12,14-15H2,2-5H3;7-13,16,18-19H,1,14-15H2,2-6H3;8-13,16-19H,2,7,14-15H2,1,3-6H3. The molecule has 1 aliphatic carbocycles. The van der Waals surface area contributed by atoms with Gasteiger partial charge in [-0.1, -0.05) is 127 Å². The van der Waals surface area contributed by atoms with Crippen molar-refractivity contribution in [3.8, 4) is 50.8 Å². The van der Waals surface area contributed by atoms with Crippen molar-refractivity contribution in [3.63, 3.8) is 0 Å². The van der Waals surface area contributed by atoms with Crippen LogP contribution in [0.25, 0.3) is 83.9 Å². The summed E-state index contributed by atoms with van der Waals surface area (Å²) in [7, 11) is 0. The number of carbonyl (C=O) groups is 3. The molecule has 0 N–H and O–H groups in total. The van der Waals surface area contributed by atoms with Gasteiger partial charge in [0.05, 0.1) is 93.8 Å². The number of halogens is 7. The Balaban J connectivity index is 0.000000154. The predicted octanol–water partition coefficient (Wildman–Crippen LogP) is 16.8. The number of benzene rings is 3. The van der Waals surface area contributed by atoms with Gasteiger partial charge in [-0.25, -0.2) is 80.5 Å². The molecule has 16 rings (SSSR count). The fourth-order valence-electron chi connectivity index (χ4n) is 17.0. The lowest BCUT2D eigenvalue weighted by Gasteiger charge is -2.44. The Morgan fingerprint density at radius 2 is 0.803 bits per heavy atom. The van der Waals surface area contributed by atoms with Gasteiger partial charge in [0.15, 0.2) is 16.9 Å². The first-order chi connectivity index (χ1) is 60.6. The third kappa shape index (κ3) is 17.5. The Labute approximate surface area is 746 Å². The summed E-state index contributed by atoms with van der Waals surface area (Å²) >= 11 is 20.4. The molecule has 12 heterocycles. The number of nitrogens with zero attached hydrogens (tertiary/aromatic N) is 20. The number of amides is 3. The highest BCUT2D eigenvalue weighted by Gasteiger charge is 2.40. The van der Waals surface area contributed by atoms with Crippen LogP contribution in [0.2, 0.25) is 15.1 Å². The molecule has 6 unspecified atom stereocenters. The number of aromatic nitrogens is 14. The van der Waals surface area contributed by atoms with Crippen LogP contribution in [0.4, 0.5) is 35.0 Å². The van der Waals surface area contributed by atoms with Gasteiger partial charge in [0.25, 0.3) is 0 Å². The molecule has 3 aliphatic heterocycles. The normalized spacial score (nSPS) is 17.8. The smallest absolute Gasteiger partial charge is 0.349 e. The third-order valence-electron chi connectivity index (χ3n) is 23.6. The van der Waals surface area contributed by atoms with E-state index in [0.717, 1.165) is 36.2 Å². The molecule has 12 aromatic rings. The lowest BCUT2D eigenvalue weighted by molar-refractivity contribution is -0.129. The number of hydrogen-bond donors (Lipinski definition) is 0. The van der Waals surface area contributed by atoms with Crippen molar-refractivity contribution in [3.05, 3.63) is 252 Å². The van der Waals surface area contributed by atoms with Crippen LogP contribution in [-0.2, 0) is 20.8 Å². The van der Waals surface area contributed by atoms with Crippen molar-refractivity contribution >= 4 is 103 Å². The van der Waals surface area contributed by atoms with Crippen molar-refractivity contribution in [2.75, 3.05) is 54.0 Å². The summed E-state index contributed by atoms with van der Waals surface area (Å²) in [6.45, 7) is 40.8. The van der Waals surface area contributed by atoms with Crippen LogP contribution in [-0.4, -0.2) is 176 Å². The summed E-state index contributed by atoms with van der Waals surface area (Å²) in [6, 6.07) is 21.4. The minimum atomic E-state index is -0.835. The second kappa shape index (κ2) is 37.2. The van der Waals surface area contributed by atoms with E-state index >= 15 is 4.39 Å². The lowest BCUT2D eigenvalue weighted by Crippen LogP contribution is -2.58. The molecule has 26 nitrogen and oxygen atoms in total. The van der Waals surface area contributed by atoms with Gasteiger partial charge in [0.1, 0.15) is 53.4 Å². The van der Waals surface area contributed by atoms with Crippen molar-refractivity contribution < 1.29 is 31.9 Å². The molecule has 33 heteroatoms. The van der Waals surface area contributed by atoms with Crippen LogP contribution >= 0.6 is 34.8 Å². The van der Waals surface area contributed by atoms with Gasteiger partial charge in [0, 0.05) is 110 Å². The fourth-order valence-corrected chi connectivity index (χ4v) is 17.8. The van der Waals surface area contributed by atoms with E-state index in [2.05, 4.69) is 59.6 Å². The zero-order valence-electron chi connectivity index (χ0n) is 72.9. The van der Waals surface area contributed by atoms with Gasteiger partial charge < -0.3 is 29.4 Å². The maximum atomic E-state index is 15.1. The molecule has 4 aliphatic rings. The summed E-state index contributed by atoms with van der Waals surface area (Å²) in [6.07, 6.45) is 11.1. The molecule has 9 aromatic heterocycles. The second-order valence-electron chi connectivity index (χ2n) is 33.4. The summed E-state index contributed by atoms with van der Waals surface area (Å²) < 4.78 is 63.1. The number of fused-ring (bicyclic) bond motifs is 3. The van der Waals surface area contributed by atoms with Crippen LogP contribution < -0.4 is 31.8 Å². The maximum absolute atomic E-state index is 15.1. The van der Waals surface area contributed by atoms with E-state index < -0.39 is 40.3 Å². The van der Waals surface area contributed by atoms with Crippen molar-refractivity contribution in [1.82, 2.24) is 83.2 Å². The van der Waals surface area contributed by atoms with E-state index in [-0.39, 0.29) is 138 Å². The topological polar surface area (TPSA) is 278 Å². The summed E-state index contributed by atoms with van der Waals surface area (Å²) in [5, 5.41) is 2.06. The Hall–Kier alpha value is -12.5. The number of anilines is 3. The van der Waals surface area contributed by atoms with Gasteiger partial charge in [0.2, 0.25) is 17.7 Å². The maximum Gasteiger partial charge on any atom is 0.355 e. The minimum Gasteiger partial charge on any atom is -0.349 e. The molecule has 4 fully saturated rings. The van der Waals surface area contributed by atoms with Crippen LogP contribution in [0.1, 0.15) is 161 Å². The Kier molecular flexibility index (Phi) is 26.6. The van der Waals surface area contributed by atoms with Gasteiger partial charge >= 0.3 is 17.1 Å². The zero-order valence-corrected chi connectivity index (χ0v) is 75.2. The number of pyridine rings is 4. The number of aryl methyl sites for hydroxylation is 2. The van der Waals surface area contributed by atoms with Crippen molar-refractivity contribution in [2.24, 2.45) is 0 Å². The average Bonchev–Trinajstić information content (AvgIpc) is 0.794. The van der Waals surface area contributed by atoms with E-state index in [1.807, 2.05) is 112 Å².